The summed E-state index contributed by atoms with van der Waals surface area (Å²) < 4.78 is 25.1. The van der Waals surface area contributed by atoms with Crippen molar-refractivity contribution in [1.82, 2.24) is 9.88 Å². The van der Waals surface area contributed by atoms with E-state index < -0.39 is 23.6 Å². The maximum Gasteiger partial charge on any atom is 0.410 e. The minimum atomic E-state index is -0.635. The zero-order chi connectivity index (χ0) is 24.2. The molecule has 0 saturated carbocycles. The lowest BCUT2D eigenvalue weighted by molar-refractivity contribution is 0.0196. The predicted octanol–water partition coefficient (Wildman–Crippen LogP) is 3.68. The van der Waals surface area contributed by atoms with Gasteiger partial charge in [0.25, 0.3) is 0 Å². The van der Waals surface area contributed by atoms with Crippen LogP contribution in [-0.2, 0) is 11.3 Å². The second kappa shape index (κ2) is 10.4. The number of nitrogens with zero attached hydrogens (tertiary/aromatic N) is 3. The number of halogens is 2. The SMILES string of the molecule is CC(C)(C)OC(=O)N1CCN(c2nc(OCc3ccc(Cl)cc3F)ccc2C=O)C(CO)C1. The number of carbonyl (C=O) groups excluding carboxylic acids is 2. The minimum absolute atomic E-state index is 0.0777. The summed E-state index contributed by atoms with van der Waals surface area (Å²) in [5.74, 6) is 0.0176. The highest BCUT2D eigenvalue weighted by Gasteiger charge is 2.33. The van der Waals surface area contributed by atoms with Crippen molar-refractivity contribution in [3.05, 3.63) is 52.3 Å². The summed E-state index contributed by atoms with van der Waals surface area (Å²) >= 11 is 5.78. The van der Waals surface area contributed by atoms with Crippen molar-refractivity contribution < 1.29 is 28.6 Å². The quantitative estimate of drug-likeness (QED) is 0.632. The highest BCUT2D eigenvalue weighted by Crippen LogP contribution is 2.26. The Morgan fingerprint density at radius 1 is 1.30 bits per heavy atom. The molecule has 8 nitrogen and oxygen atoms in total. The summed E-state index contributed by atoms with van der Waals surface area (Å²) in [4.78, 5) is 31.8. The van der Waals surface area contributed by atoms with Crippen LogP contribution in [0.5, 0.6) is 5.88 Å². The Morgan fingerprint density at radius 3 is 2.70 bits per heavy atom. The smallest absolute Gasteiger partial charge is 0.410 e. The van der Waals surface area contributed by atoms with E-state index in [0.29, 0.717) is 36.3 Å². The lowest BCUT2D eigenvalue weighted by Crippen LogP contribution is -2.57. The average Bonchev–Trinajstić information content (AvgIpc) is 2.76. The molecule has 3 rings (SSSR count). The third kappa shape index (κ3) is 6.33. The van der Waals surface area contributed by atoms with Gasteiger partial charge < -0.3 is 24.4 Å². The number of aliphatic hydroxyl groups is 1. The maximum absolute atomic E-state index is 14.0. The number of ether oxygens (including phenoxy) is 2. The van der Waals surface area contributed by atoms with Crippen LogP contribution in [0.1, 0.15) is 36.7 Å². The molecule has 1 aliphatic heterocycles. The van der Waals surface area contributed by atoms with E-state index in [9.17, 15) is 19.1 Å². The number of anilines is 1. The molecule has 1 fully saturated rings. The van der Waals surface area contributed by atoms with Gasteiger partial charge >= 0.3 is 6.09 Å². The van der Waals surface area contributed by atoms with Crippen molar-refractivity contribution >= 4 is 29.8 Å². The molecule has 0 spiro atoms. The van der Waals surface area contributed by atoms with E-state index in [2.05, 4.69) is 4.98 Å². The largest absolute Gasteiger partial charge is 0.473 e. The first kappa shape index (κ1) is 24.7. The topological polar surface area (TPSA) is 92.2 Å². The normalized spacial score (nSPS) is 16.5. The molecule has 1 unspecified atom stereocenters. The number of pyridine rings is 1. The molecule has 0 aliphatic carbocycles. The van der Waals surface area contributed by atoms with Crippen LogP contribution in [0.4, 0.5) is 15.0 Å². The summed E-state index contributed by atoms with van der Waals surface area (Å²) in [5, 5.41) is 10.3. The molecular weight excluding hydrogens is 453 g/mol. The van der Waals surface area contributed by atoms with E-state index in [0.717, 1.165) is 0 Å². The highest BCUT2D eigenvalue weighted by molar-refractivity contribution is 6.30. The van der Waals surface area contributed by atoms with E-state index in [1.54, 1.807) is 37.8 Å². The van der Waals surface area contributed by atoms with Crippen LogP contribution in [-0.4, -0.2) is 65.3 Å². The molecule has 1 saturated heterocycles. The number of aromatic nitrogens is 1. The number of benzene rings is 1. The zero-order valence-electron chi connectivity index (χ0n) is 18.8. The van der Waals surface area contributed by atoms with Crippen molar-refractivity contribution in [1.29, 1.82) is 0 Å². The Balaban J connectivity index is 1.77. The van der Waals surface area contributed by atoms with Crippen molar-refractivity contribution in [3.8, 4) is 5.88 Å². The van der Waals surface area contributed by atoms with Crippen LogP contribution in [0.25, 0.3) is 0 Å². The van der Waals surface area contributed by atoms with Crippen molar-refractivity contribution in [2.45, 2.75) is 39.0 Å². The number of aliphatic hydroxyl groups excluding tert-OH is 1. The second-order valence-electron chi connectivity index (χ2n) is 8.66. The summed E-state index contributed by atoms with van der Waals surface area (Å²) in [7, 11) is 0. The molecule has 33 heavy (non-hydrogen) atoms. The number of hydrogen-bond donors (Lipinski definition) is 1. The molecule has 1 aromatic carbocycles. The molecule has 1 atom stereocenters. The molecule has 1 aromatic heterocycles. The van der Waals surface area contributed by atoms with Crippen molar-refractivity contribution in [2.75, 3.05) is 31.1 Å². The van der Waals surface area contributed by atoms with Gasteiger partial charge in [-0.25, -0.2) is 9.18 Å². The van der Waals surface area contributed by atoms with Crippen LogP contribution in [0.3, 0.4) is 0 Å². The van der Waals surface area contributed by atoms with Gasteiger partial charge in [-0.3, -0.25) is 4.79 Å². The monoisotopic (exact) mass is 479 g/mol. The van der Waals surface area contributed by atoms with Gasteiger partial charge in [-0.05, 0) is 39.0 Å². The third-order valence-corrected chi connectivity index (χ3v) is 5.25. The molecule has 1 N–H and O–H groups in total. The third-order valence-electron chi connectivity index (χ3n) is 5.01. The van der Waals surface area contributed by atoms with Gasteiger partial charge in [0.05, 0.1) is 18.2 Å². The van der Waals surface area contributed by atoms with Crippen LogP contribution < -0.4 is 9.64 Å². The summed E-state index contributed by atoms with van der Waals surface area (Å²) in [5.41, 5.74) is -0.0182. The first-order valence-electron chi connectivity index (χ1n) is 10.5. The lowest BCUT2D eigenvalue weighted by atomic mass is 10.1. The fraction of sp³-hybridized carbons (Fsp3) is 0.435. The van der Waals surface area contributed by atoms with E-state index in [-0.39, 0.29) is 30.7 Å². The molecule has 0 bridgehead atoms. The van der Waals surface area contributed by atoms with Crippen LogP contribution in [0, 0.1) is 5.82 Å². The van der Waals surface area contributed by atoms with Crippen molar-refractivity contribution in [3.63, 3.8) is 0 Å². The summed E-state index contributed by atoms with van der Waals surface area (Å²) in [6.45, 7) is 5.86. The standard InChI is InChI=1S/C23H27ClFN3O5/c1-23(2,3)33-22(31)27-8-9-28(18(11-27)13-30)21-15(12-29)5-7-20(26-21)32-14-16-4-6-17(24)10-19(16)25/h4-7,10,12,18,30H,8-9,11,13-14H2,1-3H3. The van der Waals surface area contributed by atoms with Crippen LogP contribution >= 0.6 is 11.6 Å². The Labute approximate surface area is 196 Å². The minimum Gasteiger partial charge on any atom is -0.473 e. The molecule has 1 aliphatic rings. The molecule has 178 valence electrons. The predicted molar refractivity (Wildman–Crippen MR) is 121 cm³/mol. The van der Waals surface area contributed by atoms with Gasteiger partial charge in [0.1, 0.15) is 23.8 Å². The molecular formula is C23H27ClFN3O5. The first-order valence-corrected chi connectivity index (χ1v) is 10.9. The Morgan fingerprint density at radius 2 is 2.06 bits per heavy atom. The Hall–Kier alpha value is -2.91. The summed E-state index contributed by atoms with van der Waals surface area (Å²) in [6.07, 6.45) is 0.200. The number of rotatable bonds is 6. The van der Waals surface area contributed by atoms with E-state index in [1.165, 1.54) is 23.1 Å². The molecule has 2 heterocycles. The van der Waals surface area contributed by atoms with Gasteiger partial charge in [0, 0.05) is 36.3 Å². The number of amides is 1. The van der Waals surface area contributed by atoms with Crippen LogP contribution in [0.15, 0.2) is 30.3 Å². The lowest BCUT2D eigenvalue weighted by Gasteiger charge is -2.41. The Kier molecular flexibility index (Phi) is 7.76. The Bertz CT molecular complexity index is 1010. The van der Waals surface area contributed by atoms with E-state index in [4.69, 9.17) is 21.1 Å². The number of aldehydes is 1. The highest BCUT2D eigenvalue weighted by atomic mass is 35.5. The molecule has 2 aromatic rings. The molecule has 10 heteroatoms. The maximum atomic E-state index is 14.0. The number of hydrogen-bond acceptors (Lipinski definition) is 7. The van der Waals surface area contributed by atoms with Gasteiger partial charge in [-0.2, -0.15) is 4.98 Å². The van der Waals surface area contributed by atoms with Gasteiger partial charge in [-0.1, -0.05) is 17.7 Å². The van der Waals surface area contributed by atoms with Crippen molar-refractivity contribution in [2.24, 2.45) is 0 Å². The van der Waals surface area contributed by atoms with Gasteiger partial charge in [-0.15, -0.1) is 0 Å². The van der Waals surface area contributed by atoms with E-state index in [1.807, 2.05) is 0 Å². The summed E-state index contributed by atoms with van der Waals surface area (Å²) in [6, 6.07) is 6.86. The van der Waals surface area contributed by atoms with Gasteiger partial charge in [0.2, 0.25) is 5.88 Å². The van der Waals surface area contributed by atoms with E-state index >= 15 is 0 Å². The fourth-order valence-electron chi connectivity index (χ4n) is 3.42. The average molecular weight is 480 g/mol. The first-order chi connectivity index (χ1) is 15.6. The fourth-order valence-corrected chi connectivity index (χ4v) is 3.58. The second-order valence-corrected chi connectivity index (χ2v) is 9.10. The zero-order valence-corrected chi connectivity index (χ0v) is 19.5. The van der Waals surface area contributed by atoms with Gasteiger partial charge in [0.15, 0.2) is 6.29 Å². The number of piperazine rings is 1. The molecule has 1 amide bonds. The molecule has 0 radical (unpaired) electrons. The van der Waals surface area contributed by atoms with Crippen LogP contribution in [0.2, 0.25) is 5.02 Å². The number of carbonyl (C=O) groups is 2.